The minimum absolute atomic E-state index is 0.190. The van der Waals surface area contributed by atoms with E-state index in [0.29, 0.717) is 6.42 Å². The van der Waals surface area contributed by atoms with E-state index >= 15 is 0 Å². The number of carbonyl (C=O) groups is 1. The zero-order valence-electron chi connectivity index (χ0n) is 51.6. The predicted molar refractivity (Wildman–Crippen MR) is 341 cm³/mol. The third kappa shape index (κ3) is 47.6. The van der Waals surface area contributed by atoms with Crippen molar-refractivity contribution in [2.24, 2.45) is 0 Å². The average Bonchev–Trinajstić information content (AvgIpc) is 3.46. The van der Waals surface area contributed by atoms with Crippen molar-refractivity contribution in [1.82, 2.24) is 5.32 Å². The van der Waals surface area contributed by atoms with Gasteiger partial charge in [-0.05, 0) is 89.9 Å². The van der Waals surface area contributed by atoms with E-state index in [-0.39, 0.29) is 12.5 Å². The van der Waals surface area contributed by atoms with Crippen LogP contribution in [0.1, 0.15) is 290 Å². The van der Waals surface area contributed by atoms with Crippen LogP contribution >= 0.6 is 0 Å². The largest absolute Gasteiger partial charge is 0.394 e. The van der Waals surface area contributed by atoms with Gasteiger partial charge in [-0.1, -0.05) is 291 Å². The molecule has 1 rings (SSSR count). The van der Waals surface area contributed by atoms with Crippen LogP contribution in [0.2, 0.25) is 0 Å². The Balaban J connectivity index is 2.15. The third-order valence-corrected chi connectivity index (χ3v) is 15.4. The predicted octanol–water partition coefficient (Wildman–Crippen LogP) is 17.9. The monoisotopic (exact) mass is 1120 g/mol. The third-order valence-electron chi connectivity index (χ3n) is 15.4. The number of hydrogen-bond acceptors (Lipinski definition) is 8. The van der Waals surface area contributed by atoms with E-state index in [4.69, 9.17) is 9.47 Å². The molecule has 0 spiro atoms. The van der Waals surface area contributed by atoms with Gasteiger partial charge in [0, 0.05) is 6.42 Å². The lowest BCUT2D eigenvalue weighted by Gasteiger charge is -2.40. The van der Waals surface area contributed by atoms with E-state index in [1.807, 2.05) is 6.08 Å². The molecule has 0 bridgehead atoms. The second-order valence-corrected chi connectivity index (χ2v) is 22.9. The van der Waals surface area contributed by atoms with Crippen LogP contribution in [0.5, 0.6) is 0 Å². The Kier molecular flexibility index (Phi) is 55.7. The Bertz CT molecular complexity index is 1580. The standard InChI is InChI=1S/C71H125NO8/c1-3-5-7-9-11-13-15-17-19-21-23-25-27-28-29-30-31-32-33-34-35-36-37-38-39-41-43-45-47-49-51-53-55-57-59-61-67(75)72-64(63-79-71-70(78)69(77)68(76)66(62-73)80-71)65(74)60-58-56-54-52-50-48-46-44-42-40-26-24-22-20-18-16-14-12-10-8-6-4-2/h5,7,11,13,17,19,23,25,28-29,42,44,50,52,58,60,64-66,68-71,73-74,76-78H,3-4,6,8-10,12,14-16,18,20-22,24,26-27,30-41,43,45-49,51,53-57,59,61-63H2,1-2H3,(H,72,75)/b7-5-,13-11-,19-17-,25-23-,29-28-,44-42+,52-50+,60-58+. The van der Waals surface area contributed by atoms with E-state index in [9.17, 15) is 30.3 Å². The Labute approximate surface area is 492 Å². The van der Waals surface area contributed by atoms with Gasteiger partial charge in [0.25, 0.3) is 0 Å². The normalized spacial score (nSPS) is 19.1. The van der Waals surface area contributed by atoms with Crippen molar-refractivity contribution in [3.8, 4) is 0 Å². The maximum absolute atomic E-state index is 13.1. The second kappa shape index (κ2) is 59.3. The first kappa shape index (κ1) is 75.1. The fraction of sp³-hybridized carbons (Fsp3) is 0.761. The van der Waals surface area contributed by atoms with Gasteiger partial charge in [-0.25, -0.2) is 0 Å². The summed E-state index contributed by atoms with van der Waals surface area (Å²) in [6.07, 6.45) is 79.3. The molecule has 0 saturated carbocycles. The zero-order valence-corrected chi connectivity index (χ0v) is 51.6. The molecule has 0 aliphatic carbocycles. The molecule has 0 aromatic carbocycles. The highest BCUT2D eigenvalue weighted by atomic mass is 16.7. The van der Waals surface area contributed by atoms with Gasteiger partial charge in [-0.3, -0.25) is 4.79 Å². The second-order valence-electron chi connectivity index (χ2n) is 22.9. The number of rotatable bonds is 57. The lowest BCUT2D eigenvalue weighted by Crippen LogP contribution is -2.60. The fourth-order valence-electron chi connectivity index (χ4n) is 10.2. The summed E-state index contributed by atoms with van der Waals surface area (Å²) < 4.78 is 11.3. The smallest absolute Gasteiger partial charge is 0.220 e. The van der Waals surface area contributed by atoms with Gasteiger partial charge in [0.2, 0.25) is 5.91 Å². The number of carbonyl (C=O) groups excluding carboxylic acids is 1. The summed E-state index contributed by atoms with van der Waals surface area (Å²) >= 11 is 0. The minimum Gasteiger partial charge on any atom is -0.394 e. The molecule has 1 aliphatic heterocycles. The summed E-state index contributed by atoms with van der Waals surface area (Å²) in [6.45, 7) is 3.67. The number of aliphatic hydroxyl groups excluding tert-OH is 5. The van der Waals surface area contributed by atoms with Crippen molar-refractivity contribution in [3.63, 3.8) is 0 Å². The molecule has 6 N–H and O–H groups in total. The summed E-state index contributed by atoms with van der Waals surface area (Å²) in [5.41, 5.74) is 0. The molecule has 9 heteroatoms. The quantitative estimate of drug-likeness (QED) is 0.0261. The maximum atomic E-state index is 13.1. The molecule has 462 valence electrons. The highest BCUT2D eigenvalue weighted by Crippen LogP contribution is 2.23. The molecule has 1 fully saturated rings. The highest BCUT2D eigenvalue weighted by Gasteiger charge is 2.44. The summed E-state index contributed by atoms with van der Waals surface area (Å²) in [6, 6.07) is -0.833. The average molecular weight is 1120 g/mol. The lowest BCUT2D eigenvalue weighted by molar-refractivity contribution is -0.302. The number of ether oxygens (including phenoxy) is 2. The SMILES string of the molecule is CC/C=C\C/C=C\C/C=C\C/C=C\C/C=C\CCCCCCCCCCCCCCCCCCCCCC(=O)NC(COC1OC(CO)C(O)C(O)C1O)C(O)/C=C/CC/C=C/CC/C=C/CCCCCCCCCCCCCC. The van der Waals surface area contributed by atoms with E-state index in [2.05, 4.69) is 104 Å². The van der Waals surface area contributed by atoms with Crippen LogP contribution in [0, 0.1) is 0 Å². The van der Waals surface area contributed by atoms with Gasteiger partial charge >= 0.3 is 0 Å². The summed E-state index contributed by atoms with van der Waals surface area (Å²) in [5, 5.41) is 54.6. The molecule has 1 heterocycles. The van der Waals surface area contributed by atoms with Crippen molar-refractivity contribution in [1.29, 1.82) is 0 Å². The van der Waals surface area contributed by atoms with E-state index in [0.717, 1.165) is 77.0 Å². The number of nitrogens with one attached hydrogen (secondary N) is 1. The van der Waals surface area contributed by atoms with Crippen LogP contribution in [-0.2, 0) is 14.3 Å². The molecular weight excluding hydrogens is 995 g/mol. The Morgan fingerprint density at radius 1 is 0.438 bits per heavy atom. The molecule has 7 atom stereocenters. The highest BCUT2D eigenvalue weighted by molar-refractivity contribution is 5.76. The molecule has 0 aromatic heterocycles. The van der Waals surface area contributed by atoms with Crippen molar-refractivity contribution in [2.75, 3.05) is 13.2 Å². The van der Waals surface area contributed by atoms with Gasteiger partial charge in [-0.2, -0.15) is 0 Å². The van der Waals surface area contributed by atoms with Crippen LogP contribution in [0.4, 0.5) is 0 Å². The minimum atomic E-state index is -1.58. The molecule has 1 aliphatic rings. The van der Waals surface area contributed by atoms with E-state index in [1.54, 1.807) is 6.08 Å². The molecule has 1 amide bonds. The van der Waals surface area contributed by atoms with E-state index < -0.39 is 49.5 Å². The van der Waals surface area contributed by atoms with Crippen molar-refractivity contribution in [2.45, 2.75) is 333 Å². The van der Waals surface area contributed by atoms with Crippen LogP contribution < -0.4 is 5.32 Å². The fourth-order valence-corrected chi connectivity index (χ4v) is 10.2. The summed E-state index contributed by atoms with van der Waals surface area (Å²) in [5.74, 6) is -0.190. The van der Waals surface area contributed by atoms with Crippen LogP contribution in [0.3, 0.4) is 0 Å². The molecule has 0 radical (unpaired) electrons. The lowest BCUT2D eigenvalue weighted by atomic mass is 9.99. The first-order valence-electron chi connectivity index (χ1n) is 33.5. The Morgan fingerprint density at radius 3 is 1.20 bits per heavy atom. The molecule has 80 heavy (non-hydrogen) atoms. The van der Waals surface area contributed by atoms with Crippen LogP contribution in [-0.4, -0.2) is 87.5 Å². The first-order chi connectivity index (χ1) is 39.3. The molecule has 7 unspecified atom stereocenters. The summed E-state index contributed by atoms with van der Waals surface area (Å²) in [4.78, 5) is 13.1. The van der Waals surface area contributed by atoms with Crippen LogP contribution in [0.25, 0.3) is 0 Å². The summed E-state index contributed by atoms with van der Waals surface area (Å²) in [7, 11) is 0. The molecule has 0 aromatic rings. The van der Waals surface area contributed by atoms with Gasteiger partial charge in [-0.15, -0.1) is 0 Å². The van der Waals surface area contributed by atoms with E-state index in [1.165, 1.54) is 193 Å². The number of amides is 1. The van der Waals surface area contributed by atoms with Crippen LogP contribution in [0.15, 0.2) is 97.2 Å². The molecule has 1 saturated heterocycles. The van der Waals surface area contributed by atoms with Gasteiger partial charge in [0.1, 0.15) is 24.4 Å². The molecule has 9 nitrogen and oxygen atoms in total. The Hall–Kier alpha value is -2.89. The van der Waals surface area contributed by atoms with Crippen molar-refractivity contribution < 1.29 is 39.8 Å². The van der Waals surface area contributed by atoms with Gasteiger partial charge in [0.05, 0.1) is 25.4 Å². The number of hydrogen-bond donors (Lipinski definition) is 6. The van der Waals surface area contributed by atoms with Crippen molar-refractivity contribution in [3.05, 3.63) is 97.2 Å². The maximum Gasteiger partial charge on any atom is 0.220 e. The van der Waals surface area contributed by atoms with Crippen molar-refractivity contribution >= 4 is 5.91 Å². The Morgan fingerprint density at radius 2 is 0.787 bits per heavy atom. The van der Waals surface area contributed by atoms with Gasteiger partial charge < -0.3 is 40.3 Å². The number of allylic oxidation sites excluding steroid dienone is 15. The number of unbranched alkanes of at least 4 members (excludes halogenated alkanes) is 33. The topological polar surface area (TPSA) is 149 Å². The molecular formula is C71H125NO8. The first-order valence-corrected chi connectivity index (χ1v) is 33.5. The zero-order chi connectivity index (χ0) is 57.9. The number of aliphatic hydroxyl groups is 5. The van der Waals surface area contributed by atoms with Gasteiger partial charge in [0.15, 0.2) is 6.29 Å².